The first-order chi connectivity index (χ1) is 17.1. The van der Waals surface area contributed by atoms with Gasteiger partial charge in [0.25, 0.3) is 11.6 Å². The van der Waals surface area contributed by atoms with E-state index in [1.807, 2.05) is 0 Å². The Morgan fingerprint density at radius 3 is 2.17 bits per heavy atom. The second-order valence-corrected chi connectivity index (χ2v) is 8.36. The third-order valence-electron chi connectivity index (χ3n) is 5.20. The number of nitrogens with two attached hydrogens (primary N) is 2. The van der Waals surface area contributed by atoms with Crippen LogP contribution in [-0.4, -0.2) is 47.2 Å². The standard InChI is InChI=1S/C24H31N7O5/c1-15(2)20(30-21(32)16-7-4-3-5-8-16)23(34)29-19(9-6-14-27-24(25)26)22(33)28-17-10-12-18(13-11-17)31(35)36/h3-5,7-8,10-13,15,19-20H,6,9,14H2,1-2H3,(H,28,33)(H,29,34)(H,30,32)(H4,25,26,27). The third-order valence-corrected chi connectivity index (χ3v) is 5.20. The van der Waals surface area contributed by atoms with Crippen LogP contribution in [0.1, 0.15) is 37.0 Å². The van der Waals surface area contributed by atoms with Gasteiger partial charge >= 0.3 is 0 Å². The number of nitro groups is 1. The lowest BCUT2D eigenvalue weighted by Gasteiger charge is -2.25. The molecule has 0 aliphatic heterocycles. The first kappa shape index (κ1) is 27.8. The molecule has 36 heavy (non-hydrogen) atoms. The average molecular weight is 498 g/mol. The lowest BCUT2D eigenvalue weighted by atomic mass is 10.0. The van der Waals surface area contributed by atoms with Crippen molar-refractivity contribution >= 4 is 35.1 Å². The summed E-state index contributed by atoms with van der Waals surface area (Å²) in [6, 6.07) is 11.9. The Bertz CT molecular complexity index is 1080. The van der Waals surface area contributed by atoms with E-state index in [1.165, 1.54) is 24.3 Å². The Balaban J connectivity index is 2.14. The van der Waals surface area contributed by atoms with Crippen molar-refractivity contribution in [3.8, 4) is 0 Å². The number of aliphatic imine (C=N–C) groups is 1. The van der Waals surface area contributed by atoms with Crippen molar-refractivity contribution in [2.45, 2.75) is 38.8 Å². The van der Waals surface area contributed by atoms with Crippen LogP contribution in [0.25, 0.3) is 0 Å². The molecule has 0 bridgehead atoms. The SMILES string of the molecule is CC(C)C(NC(=O)c1ccccc1)C(=O)NC(CCCN=C(N)N)C(=O)Nc1ccc([N+](=O)[O-])cc1. The minimum absolute atomic E-state index is 0.0885. The van der Waals surface area contributed by atoms with Crippen molar-refractivity contribution < 1.29 is 19.3 Å². The van der Waals surface area contributed by atoms with Crippen LogP contribution in [-0.2, 0) is 9.59 Å². The van der Waals surface area contributed by atoms with Crippen LogP contribution in [0.2, 0.25) is 0 Å². The van der Waals surface area contributed by atoms with Crippen molar-refractivity contribution in [2.24, 2.45) is 22.4 Å². The number of benzene rings is 2. The zero-order chi connectivity index (χ0) is 26.7. The quantitative estimate of drug-likeness (QED) is 0.0963. The molecule has 12 nitrogen and oxygen atoms in total. The summed E-state index contributed by atoms with van der Waals surface area (Å²) in [6.07, 6.45) is 0.595. The van der Waals surface area contributed by atoms with Crippen LogP contribution in [0.15, 0.2) is 59.6 Å². The number of hydrogen-bond donors (Lipinski definition) is 5. The molecule has 2 atom stereocenters. The van der Waals surface area contributed by atoms with Crippen molar-refractivity contribution in [3.05, 3.63) is 70.3 Å². The van der Waals surface area contributed by atoms with Gasteiger partial charge in [0, 0.05) is 29.9 Å². The van der Waals surface area contributed by atoms with Crippen LogP contribution in [0.3, 0.4) is 0 Å². The third kappa shape index (κ3) is 8.70. The highest BCUT2D eigenvalue weighted by Crippen LogP contribution is 2.16. The van der Waals surface area contributed by atoms with Gasteiger partial charge in [-0.1, -0.05) is 32.0 Å². The summed E-state index contributed by atoms with van der Waals surface area (Å²) in [5, 5.41) is 18.9. The van der Waals surface area contributed by atoms with Gasteiger partial charge < -0.3 is 27.4 Å². The molecule has 0 aromatic heterocycles. The van der Waals surface area contributed by atoms with Gasteiger partial charge in [0.15, 0.2) is 5.96 Å². The zero-order valence-corrected chi connectivity index (χ0v) is 20.1. The molecule has 3 amide bonds. The molecule has 0 aliphatic rings. The first-order valence-electron chi connectivity index (χ1n) is 11.4. The smallest absolute Gasteiger partial charge is 0.269 e. The number of anilines is 1. The van der Waals surface area contributed by atoms with E-state index < -0.39 is 34.7 Å². The van der Waals surface area contributed by atoms with Crippen molar-refractivity contribution in [1.29, 1.82) is 0 Å². The van der Waals surface area contributed by atoms with Crippen LogP contribution in [0, 0.1) is 16.0 Å². The van der Waals surface area contributed by atoms with Crippen LogP contribution < -0.4 is 27.4 Å². The number of guanidine groups is 1. The van der Waals surface area contributed by atoms with E-state index in [4.69, 9.17) is 11.5 Å². The van der Waals surface area contributed by atoms with Gasteiger partial charge in [-0.25, -0.2) is 0 Å². The van der Waals surface area contributed by atoms with Gasteiger partial charge in [-0.2, -0.15) is 0 Å². The topological polar surface area (TPSA) is 195 Å². The number of hydrogen-bond acceptors (Lipinski definition) is 6. The summed E-state index contributed by atoms with van der Waals surface area (Å²) < 4.78 is 0. The maximum atomic E-state index is 13.1. The molecule has 192 valence electrons. The van der Waals surface area contributed by atoms with E-state index in [9.17, 15) is 24.5 Å². The number of carbonyl (C=O) groups excluding carboxylic acids is 3. The Morgan fingerprint density at radius 1 is 0.972 bits per heavy atom. The summed E-state index contributed by atoms with van der Waals surface area (Å²) in [7, 11) is 0. The lowest BCUT2D eigenvalue weighted by Crippen LogP contribution is -2.54. The summed E-state index contributed by atoms with van der Waals surface area (Å²) in [6.45, 7) is 3.80. The van der Waals surface area contributed by atoms with Gasteiger partial charge in [0.05, 0.1) is 4.92 Å². The van der Waals surface area contributed by atoms with Crippen LogP contribution in [0.4, 0.5) is 11.4 Å². The normalized spacial score (nSPS) is 12.2. The van der Waals surface area contributed by atoms with Crippen LogP contribution >= 0.6 is 0 Å². The second-order valence-electron chi connectivity index (χ2n) is 8.36. The molecule has 7 N–H and O–H groups in total. The van der Waals surface area contributed by atoms with Gasteiger partial charge in [0.1, 0.15) is 12.1 Å². The molecule has 0 spiro atoms. The van der Waals surface area contributed by atoms with E-state index in [0.29, 0.717) is 17.7 Å². The lowest BCUT2D eigenvalue weighted by molar-refractivity contribution is -0.384. The van der Waals surface area contributed by atoms with Gasteiger partial charge in [-0.15, -0.1) is 0 Å². The fourth-order valence-electron chi connectivity index (χ4n) is 3.28. The maximum Gasteiger partial charge on any atom is 0.269 e. The minimum atomic E-state index is -0.975. The average Bonchev–Trinajstić information content (AvgIpc) is 2.84. The number of rotatable bonds is 12. The van der Waals surface area contributed by atoms with E-state index in [-0.39, 0.29) is 30.5 Å². The number of non-ortho nitro benzene ring substituents is 1. The number of nitrogens with zero attached hydrogens (tertiary/aromatic N) is 2. The highest BCUT2D eigenvalue weighted by Gasteiger charge is 2.29. The van der Waals surface area contributed by atoms with Crippen LogP contribution in [0.5, 0.6) is 0 Å². The molecular formula is C24H31N7O5. The monoisotopic (exact) mass is 497 g/mol. The predicted molar refractivity (Wildman–Crippen MR) is 136 cm³/mol. The number of nitro benzene ring substituents is 1. The molecule has 0 heterocycles. The Morgan fingerprint density at radius 2 is 1.61 bits per heavy atom. The van der Waals surface area contributed by atoms with E-state index in [2.05, 4.69) is 20.9 Å². The zero-order valence-electron chi connectivity index (χ0n) is 20.1. The first-order valence-corrected chi connectivity index (χ1v) is 11.4. The maximum absolute atomic E-state index is 13.1. The molecule has 0 saturated carbocycles. The molecule has 2 rings (SSSR count). The fourth-order valence-corrected chi connectivity index (χ4v) is 3.28. The number of carbonyl (C=O) groups is 3. The van der Waals surface area contributed by atoms with Crippen molar-refractivity contribution in [1.82, 2.24) is 10.6 Å². The predicted octanol–water partition coefficient (Wildman–Crippen LogP) is 1.53. The number of amides is 3. The van der Waals surface area contributed by atoms with Gasteiger partial charge in [-0.05, 0) is 43.0 Å². The molecule has 0 saturated heterocycles. The molecule has 2 aromatic carbocycles. The molecule has 0 fully saturated rings. The van der Waals surface area contributed by atoms with E-state index in [0.717, 1.165) is 0 Å². The fraction of sp³-hybridized carbons (Fsp3) is 0.333. The Labute approximate surface area is 208 Å². The highest BCUT2D eigenvalue weighted by atomic mass is 16.6. The molecule has 2 unspecified atom stereocenters. The van der Waals surface area contributed by atoms with Crippen molar-refractivity contribution in [2.75, 3.05) is 11.9 Å². The van der Waals surface area contributed by atoms with Gasteiger partial charge in [0.2, 0.25) is 11.8 Å². The summed E-state index contributed by atoms with van der Waals surface area (Å²) in [5.74, 6) is -1.82. The largest absolute Gasteiger partial charge is 0.370 e. The minimum Gasteiger partial charge on any atom is -0.370 e. The molecule has 0 aliphatic carbocycles. The van der Waals surface area contributed by atoms with Crippen molar-refractivity contribution in [3.63, 3.8) is 0 Å². The van der Waals surface area contributed by atoms with Gasteiger partial charge in [-0.3, -0.25) is 29.5 Å². The summed E-state index contributed by atoms with van der Waals surface area (Å²) >= 11 is 0. The Hall–Kier alpha value is -4.48. The molecular weight excluding hydrogens is 466 g/mol. The number of nitrogens with one attached hydrogen (secondary N) is 3. The summed E-state index contributed by atoms with van der Waals surface area (Å²) in [4.78, 5) is 52.9. The van der Waals surface area contributed by atoms with E-state index >= 15 is 0 Å². The highest BCUT2D eigenvalue weighted by molar-refractivity contribution is 6.00. The van der Waals surface area contributed by atoms with E-state index in [1.54, 1.807) is 44.2 Å². The molecule has 12 heteroatoms. The second kappa shape index (κ2) is 13.4. The molecule has 0 radical (unpaired) electrons. The Kier molecular flexibility index (Phi) is 10.3. The molecule has 2 aromatic rings. The summed E-state index contributed by atoms with van der Waals surface area (Å²) in [5.41, 5.74) is 11.3.